The first-order chi connectivity index (χ1) is 8.40. The van der Waals surface area contributed by atoms with Gasteiger partial charge >= 0.3 is 5.97 Å². The molecule has 1 rings (SSSR count). The fourth-order valence-corrected chi connectivity index (χ4v) is 1.65. The summed E-state index contributed by atoms with van der Waals surface area (Å²) < 4.78 is 12.8. The molecule has 1 unspecified atom stereocenters. The summed E-state index contributed by atoms with van der Waals surface area (Å²) in [5, 5.41) is 8.85. The normalized spacial score (nSPS) is 11.9. The molecular weight excluding hydrogens is 237 g/mol. The molecule has 0 saturated heterocycles. The topological polar surface area (TPSA) is 57.6 Å². The van der Waals surface area contributed by atoms with Crippen LogP contribution in [0.4, 0.5) is 4.39 Å². The highest BCUT2D eigenvalue weighted by molar-refractivity contribution is 5.78. The quantitative estimate of drug-likeness (QED) is 0.871. The Bertz CT molecular complexity index is 428. The number of carbonyl (C=O) groups excluding carboxylic acids is 1. The molecule has 0 spiro atoms. The van der Waals surface area contributed by atoms with Crippen molar-refractivity contribution in [2.75, 3.05) is 14.1 Å². The highest BCUT2D eigenvalue weighted by Crippen LogP contribution is 2.24. The summed E-state index contributed by atoms with van der Waals surface area (Å²) in [5.74, 6) is -1.94. The number of benzene rings is 1. The molecule has 0 heterocycles. The van der Waals surface area contributed by atoms with Crippen LogP contribution >= 0.6 is 0 Å². The molecule has 5 heteroatoms. The third-order valence-electron chi connectivity index (χ3n) is 2.68. The highest BCUT2D eigenvalue weighted by atomic mass is 19.1. The van der Waals surface area contributed by atoms with E-state index in [2.05, 4.69) is 0 Å². The van der Waals surface area contributed by atoms with Gasteiger partial charge in [-0.2, -0.15) is 0 Å². The summed E-state index contributed by atoms with van der Waals surface area (Å²) in [4.78, 5) is 23.9. The van der Waals surface area contributed by atoms with Crippen LogP contribution < -0.4 is 0 Å². The Labute approximate surface area is 105 Å². The number of carboxylic acids is 1. The van der Waals surface area contributed by atoms with Crippen molar-refractivity contribution < 1.29 is 19.1 Å². The number of nitrogens with zero attached hydrogens (tertiary/aromatic N) is 1. The van der Waals surface area contributed by atoms with Crippen LogP contribution in [0.25, 0.3) is 0 Å². The zero-order valence-corrected chi connectivity index (χ0v) is 10.4. The smallest absolute Gasteiger partial charge is 0.303 e. The zero-order chi connectivity index (χ0) is 13.7. The molecule has 98 valence electrons. The van der Waals surface area contributed by atoms with Gasteiger partial charge in [-0.15, -0.1) is 0 Å². The van der Waals surface area contributed by atoms with E-state index in [1.165, 1.54) is 29.2 Å². The molecule has 0 aliphatic carbocycles. The van der Waals surface area contributed by atoms with Crippen LogP contribution in [0.2, 0.25) is 0 Å². The second kappa shape index (κ2) is 6.14. The van der Waals surface area contributed by atoms with E-state index < -0.39 is 11.9 Å². The summed E-state index contributed by atoms with van der Waals surface area (Å²) in [5.41, 5.74) is 0.661. The molecule has 0 bridgehead atoms. The van der Waals surface area contributed by atoms with Crippen molar-refractivity contribution in [1.82, 2.24) is 4.90 Å². The average molecular weight is 253 g/mol. The molecule has 1 N–H and O–H groups in total. The molecule has 0 aliphatic rings. The molecule has 0 radical (unpaired) electrons. The Kier molecular flexibility index (Phi) is 4.83. The van der Waals surface area contributed by atoms with E-state index in [9.17, 15) is 14.0 Å². The Balaban J connectivity index is 2.87. The van der Waals surface area contributed by atoms with Crippen molar-refractivity contribution in [2.45, 2.75) is 18.8 Å². The zero-order valence-electron chi connectivity index (χ0n) is 10.4. The monoisotopic (exact) mass is 253 g/mol. The van der Waals surface area contributed by atoms with Crippen molar-refractivity contribution in [1.29, 1.82) is 0 Å². The maximum absolute atomic E-state index is 12.8. The van der Waals surface area contributed by atoms with Gasteiger partial charge in [0.2, 0.25) is 5.91 Å². The molecule has 0 aromatic heterocycles. The van der Waals surface area contributed by atoms with Crippen LogP contribution in [-0.2, 0) is 9.59 Å². The minimum atomic E-state index is -0.976. The lowest BCUT2D eigenvalue weighted by molar-refractivity contribution is -0.137. The first kappa shape index (κ1) is 14.2. The third-order valence-corrected chi connectivity index (χ3v) is 2.68. The van der Waals surface area contributed by atoms with Crippen LogP contribution in [0.3, 0.4) is 0 Å². The number of halogens is 1. The van der Waals surface area contributed by atoms with Gasteiger partial charge in [0.15, 0.2) is 0 Å². The third kappa shape index (κ3) is 4.16. The Morgan fingerprint density at radius 1 is 1.22 bits per heavy atom. The molecule has 1 aromatic carbocycles. The van der Waals surface area contributed by atoms with Gasteiger partial charge in [0.25, 0.3) is 0 Å². The maximum Gasteiger partial charge on any atom is 0.303 e. The standard InChI is InChI=1S/C13H16FNO3/c1-15(2)12(16)7-10(8-13(17)18)9-3-5-11(14)6-4-9/h3-6,10H,7-8H2,1-2H3,(H,17,18). The van der Waals surface area contributed by atoms with E-state index in [1.54, 1.807) is 14.1 Å². The Morgan fingerprint density at radius 2 is 1.78 bits per heavy atom. The first-order valence-electron chi connectivity index (χ1n) is 5.57. The van der Waals surface area contributed by atoms with Crippen LogP contribution in [0, 0.1) is 5.82 Å². The number of amides is 1. The fraction of sp³-hybridized carbons (Fsp3) is 0.385. The summed E-state index contributed by atoms with van der Waals surface area (Å²) in [7, 11) is 3.23. The van der Waals surface area contributed by atoms with E-state index in [0.29, 0.717) is 5.56 Å². The predicted molar refractivity (Wildman–Crippen MR) is 64.7 cm³/mol. The van der Waals surface area contributed by atoms with E-state index in [-0.39, 0.29) is 24.6 Å². The number of carboxylic acid groups (broad SMARTS) is 1. The van der Waals surface area contributed by atoms with E-state index in [0.717, 1.165) is 0 Å². The second-order valence-electron chi connectivity index (χ2n) is 4.34. The van der Waals surface area contributed by atoms with Gasteiger partial charge < -0.3 is 10.0 Å². The summed E-state index contributed by atoms with van der Waals surface area (Å²) in [6, 6.07) is 5.58. The van der Waals surface area contributed by atoms with Crippen LogP contribution in [0.15, 0.2) is 24.3 Å². The van der Waals surface area contributed by atoms with Crippen LogP contribution in [-0.4, -0.2) is 36.0 Å². The molecule has 18 heavy (non-hydrogen) atoms. The van der Waals surface area contributed by atoms with Crippen LogP contribution in [0.5, 0.6) is 0 Å². The minimum Gasteiger partial charge on any atom is -0.481 e. The van der Waals surface area contributed by atoms with Crippen LogP contribution in [0.1, 0.15) is 24.3 Å². The molecule has 4 nitrogen and oxygen atoms in total. The second-order valence-corrected chi connectivity index (χ2v) is 4.34. The Hall–Kier alpha value is -1.91. The van der Waals surface area contributed by atoms with Crippen molar-refractivity contribution in [2.24, 2.45) is 0 Å². The minimum absolute atomic E-state index is 0.102. The molecule has 0 aliphatic heterocycles. The SMILES string of the molecule is CN(C)C(=O)CC(CC(=O)O)c1ccc(F)cc1. The highest BCUT2D eigenvalue weighted by Gasteiger charge is 2.20. The molecule has 1 amide bonds. The van der Waals surface area contributed by atoms with Gasteiger partial charge in [-0.1, -0.05) is 12.1 Å². The number of aliphatic carboxylic acids is 1. The lowest BCUT2D eigenvalue weighted by Gasteiger charge is -2.17. The summed E-state index contributed by atoms with van der Waals surface area (Å²) in [6.07, 6.45) is -0.0455. The van der Waals surface area contributed by atoms with Crippen molar-refractivity contribution >= 4 is 11.9 Å². The van der Waals surface area contributed by atoms with E-state index in [1.807, 2.05) is 0 Å². The lowest BCUT2D eigenvalue weighted by Crippen LogP contribution is -2.24. The van der Waals surface area contributed by atoms with Gasteiger partial charge in [-0.25, -0.2) is 4.39 Å². The fourth-order valence-electron chi connectivity index (χ4n) is 1.65. The predicted octanol–water partition coefficient (Wildman–Crippen LogP) is 1.86. The van der Waals surface area contributed by atoms with Gasteiger partial charge in [0, 0.05) is 26.4 Å². The van der Waals surface area contributed by atoms with Crippen molar-refractivity contribution in [3.8, 4) is 0 Å². The number of rotatable bonds is 5. The molecule has 0 fully saturated rings. The maximum atomic E-state index is 12.8. The van der Waals surface area contributed by atoms with E-state index in [4.69, 9.17) is 5.11 Å². The molecular formula is C13H16FNO3. The summed E-state index contributed by atoms with van der Waals surface area (Å²) in [6.45, 7) is 0. The number of hydrogen-bond donors (Lipinski definition) is 1. The van der Waals surface area contributed by atoms with E-state index >= 15 is 0 Å². The molecule has 1 aromatic rings. The van der Waals surface area contributed by atoms with Gasteiger partial charge in [-0.05, 0) is 17.7 Å². The summed E-state index contributed by atoms with van der Waals surface area (Å²) >= 11 is 0. The first-order valence-corrected chi connectivity index (χ1v) is 5.57. The van der Waals surface area contributed by atoms with Gasteiger partial charge in [0.05, 0.1) is 6.42 Å². The van der Waals surface area contributed by atoms with Gasteiger partial charge in [0.1, 0.15) is 5.82 Å². The molecule has 0 saturated carbocycles. The Morgan fingerprint density at radius 3 is 2.22 bits per heavy atom. The number of hydrogen-bond acceptors (Lipinski definition) is 2. The largest absolute Gasteiger partial charge is 0.481 e. The number of carbonyl (C=O) groups is 2. The molecule has 1 atom stereocenters. The van der Waals surface area contributed by atoms with Crippen molar-refractivity contribution in [3.63, 3.8) is 0 Å². The average Bonchev–Trinajstić information content (AvgIpc) is 2.28. The van der Waals surface area contributed by atoms with Gasteiger partial charge in [-0.3, -0.25) is 9.59 Å². The van der Waals surface area contributed by atoms with Crippen molar-refractivity contribution in [3.05, 3.63) is 35.6 Å². The lowest BCUT2D eigenvalue weighted by atomic mass is 9.92.